The minimum absolute atomic E-state index is 0.544. The van der Waals surface area contributed by atoms with Crippen LogP contribution < -0.4 is 4.74 Å². The first-order valence-corrected chi connectivity index (χ1v) is 7.27. The van der Waals surface area contributed by atoms with E-state index in [1.54, 1.807) is 0 Å². The number of ether oxygens (including phenoxy) is 1. The molecule has 1 aliphatic rings. The van der Waals surface area contributed by atoms with E-state index in [0.717, 1.165) is 42.9 Å². The maximum absolute atomic E-state index is 8.65. The number of benzene rings is 1. The molecule has 1 aromatic rings. The highest BCUT2D eigenvalue weighted by molar-refractivity contribution is 9.10. The van der Waals surface area contributed by atoms with Crippen LogP contribution in [0.25, 0.3) is 0 Å². The van der Waals surface area contributed by atoms with Crippen LogP contribution >= 0.6 is 15.9 Å². The number of piperazine rings is 1. The highest BCUT2D eigenvalue weighted by Crippen LogP contribution is 2.17. The van der Waals surface area contributed by atoms with Crippen LogP contribution in [0.15, 0.2) is 28.7 Å². The second-order valence-corrected chi connectivity index (χ2v) is 5.50. The fourth-order valence-corrected chi connectivity index (χ4v) is 2.50. The summed E-state index contributed by atoms with van der Waals surface area (Å²) < 4.78 is 6.76. The van der Waals surface area contributed by atoms with Gasteiger partial charge in [0.15, 0.2) is 0 Å². The third kappa shape index (κ3) is 4.83. The molecule has 2 rings (SSSR count). The molecular weight excluding hydrogens is 306 g/mol. The lowest BCUT2D eigenvalue weighted by molar-refractivity contribution is 0.126. The molecule has 1 saturated heterocycles. The van der Waals surface area contributed by atoms with Crippen molar-refractivity contribution >= 4 is 15.9 Å². The van der Waals surface area contributed by atoms with Crippen molar-refractivity contribution < 1.29 is 4.74 Å². The summed E-state index contributed by atoms with van der Waals surface area (Å²) in [6, 6.07) is 10.1. The summed E-state index contributed by atoms with van der Waals surface area (Å²) in [4.78, 5) is 4.57. The van der Waals surface area contributed by atoms with Gasteiger partial charge in [-0.25, -0.2) is 0 Å². The molecule has 1 aliphatic heterocycles. The molecule has 0 amide bonds. The van der Waals surface area contributed by atoms with Crippen molar-refractivity contribution in [3.63, 3.8) is 0 Å². The van der Waals surface area contributed by atoms with Crippen molar-refractivity contribution in [1.29, 1.82) is 5.26 Å². The van der Waals surface area contributed by atoms with Gasteiger partial charge in [-0.3, -0.25) is 9.80 Å². The third-order valence-corrected chi connectivity index (χ3v) is 3.72. The Kier molecular flexibility index (Phi) is 5.64. The molecule has 0 unspecified atom stereocenters. The Bertz CT molecular complexity index is 439. The molecule has 1 heterocycles. The molecule has 4 nitrogen and oxygen atoms in total. The van der Waals surface area contributed by atoms with Gasteiger partial charge in [-0.2, -0.15) is 5.26 Å². The number of rotatable bonds is 5. The molecule has 0 spiro atoms. The van der Waals surface area contributed by atoms with Gasteiger partial charge in [-0.05, 0) is 18.2 Å². The average Bonchev–Trinajstić information content (AvgIpc) is 2.41. The molecule has 5 heteroatoms. The van der Waals surface area contributed by atoms with Gasteiger partial charge in [0.25, 0.3) is 0 Å². The van der Waals surface area contributed by atoms with Crippen molar-refractivity contribution in [2.75, 3.05) is 45.9 Å². The van der Waals surface area contributed by atoms with Gasteiger partial charge in [-0.15, -0.1) is 0 Å². The molecule has 102 valence electrons. The Balaban J connectivity index is 1.66. The first kappa shape index (κ1) is 14.3. The summed E-state index contributed by atoms with van der Waals surface area (Å²) in [5.41, 5.74) is 0. The van der Waals surface area contributed by atoms with E-state index in [2.05, 4.69) is 31.8 Å². The fraction of sp³-hybridized carbons (Fsp3) is 0.500. The second kappa shape index (κ2) is 7.49. The maximum atomic E-state index is 8.65. The molecule has 0 N–H and O–H groups in total. The van der Waals surface area contributed by atoms with Crippen LogP contribution in [-0.2, 0) is 0 Å². The Hall–Kier alpha value is -1.09. The SMILES string of the molecule is N#CCN1CCN(CCOc2cccc(Br)c2)CC1. The first-order chi connectivity index (χ1) is 9.28. The zero-order valence-corrected chi connectivity index (χ0v) is 12.5. The van der Waals surface area contributed by atoms with E-state index >= 15 is 0 Å². The second-order valence-electron chi connectivity index (χ2n) is 4.58. The molecule has 0 aromatic heterocycles. The summed E-state index contributed by atoms with van der Waals surface area (Å²) in [5.74, 6) is 0.900. The third-order valence-electron chi connectivity index (χ3n) is 3.23. The van der Waals surface area contributed by atoms with Gasteiger partial charge in [0, 0.05) is 37.2 Å². The minimum Gasteiger partial charge on any atom is -0.492 e. The van der Waals surface area contributed by atoms with Gasteiger partial charge < -0.3 is 4.74 Å². The quantitative estimate of drug-likeness (QED) is 0.777. The molecule has 0 radical (unpaired) electrons. The zero-order valence-electron chi connectivity index (χ0n) is 10.9. The van der Waals surface area contributed by atoms with E-state index in [1.165, 1.54) is 0 Å². The molecule has 0 aliphatic carbocycles. The van der Waals surface area contributed by atoms with Crippen molar-refractivity contribution in [3.8, 4) is 11.8 Å². The van der Waals surface area contributed by atoms with Crippen LogP contribution in [0, 0.1) is 11.3 Å². The summed E-state index contributed by atoms with van der Waals surface area (Å²) in [6.07, 6.45) is 0. The summed E-state index contributed by atoms with van der Waals surface area (Å²) >= 11 is 3.43. The van der Waals surface area contributed by atoms with Crippen LogP contribution in [0.5, 0.6) is 5.75 Å². The van der Waals surface area contributed by atoms with Crippen LogP contribution in [0.2, 0.25) is 0 Å². The van der Waals surface area contributed by atoms with E-state index in [0.29, 0.717) is 13.2 Å². The van der Waals surface area contributed by atoms with E-state index < -0.39 is 0 Å². The zero-order chi connectivity index (χ0) is 13.5. The Labute approximate surface area is 122 Å². The highest BCUT2D eigenvalue weighted by Gasteiger charge is 2.15. The van der Waals surface area contributed by atoms with Crippen LogP contribution in [0.4, 0.5) is 0 Å². The smallest absolute Gasteiger partial charge is 0.120 e. The average molecular weight is 324 g/mol. The monoisotopic (exact) mass is 323 g/mol. The molecule has 0 bridgehead atoms. The topological polar surface area (TPSA) is 39.5 Å². The predicted octanol–water partition coefficient (Wildman–Crippen LogP) is 1.97. The van der Waals surface area contributed by atoms with E-state index in [9.17, 15) is 0 Å². The lowest BCUT2D eigenvalue weighted by Gasteiger charge is -2.33. The van der Waals surface area contributed by atoms with Gasteiger partial charge >= 0.3 is 0 Å². The molecule has 1 aromatic carbocycles. The molecule has 0 saturated carbocycles. The fourth-order valence-electron chi connectivity index (χ4n) is 2.12. The van der Waals surface area contributed by atoms with Gasteiger partial charge in [0.1, 0.15) is 12.4 Å². The predicted molar refractivity (Wildman–Crippen MR) is 78.1 cm³/mol. The van der Waals surface area contributed by atoms with E-state index in [4.69, 9.17) is 10.00 Å². The van der Waals surface area contributed by atoms with Gasteiger partial charge in [0.05, 0.1) is 12.6 Å². The van der Waals surface area contributed by atoms with Crippen LogP contribution in [0.1, 0.15) is 0 Å². The number of nitrogens with zero attached hydrogens (tertiary/aromatic N) is 3. The van der Waals surface area contributed by atoms with Crippen LogP contribution in [-0.4, -0.2) is 55.7 Å². The van der Waals surface area contributed by atoms with Gasteiger partial charge in [-0.1, -0.05) is 22.0 Å². The summed E-state index contributed by atoms with van der Waals surface area (Å²) in [7, 11) is 0. The summed E-state index contributed by atoms with van der Waals surface area (Å²) in [6.45, 7) is 6.17. The number of nitriles is 1. The summed E-state index contributed by atoms with van der Waals surface area (Å²) in [5, 5.41) is 8.65. The van der Waals surface area contributed by atoms with Crippen molar-refractivity contribution in [2.24, 2.45) is 0 Å². The molecule has 19 heavy (non-hydrogen) atoms. The Morgan fingerprint density at radius 1 is 1.21 bits per heavy atom. The lowest BCUT2D eigenvalue weighted by atomic mass is 10.3. The van der Waals surface area contributed by atoms with Crippen molar-refractivity contribution in [2.45, 2.75) is 0 Å². The van der Waals surface area contributed by atoms with Crippen LogP contribution in [0.3, 0.4) is 0 Å². The number of hydrogen-bond donors (Lipinski definition) is 0. The van der Waals surface area contributed by atoms with Crippen molar-refractivity contribution in [1.82, 2.24) is 9.80 Å². The standard InChI is InChI=1S/C14H18BrN3O/c15-13-2-1-3-14(12-13)19-11-10-18-8-6-17(5-4-16)7-9-18/h1-3,12H,5-11H2. The Morgan fingerprint density at radius 3 is 2.63 bits per heavy atom. The molecular formula is C14H18BrN3O. The largest absolute Gasteiger partial charge is 0.492 e. The van der Waals surface area contributed by atoms with E-state index in [1.807, 2.05) is 24.3 Å². The van der Waals surface area contributed by atoms with E-state index in [-0.39, 0.29) is 0 Å². The Morgan fingerprint density at radius 2 is 1.95 bits per heavy atom. The molecule has 1 fully saturated rings. The number of hydrogen-bond acceptors (Lipinski definition) is 4. The highest BCUT2D eigenvalue weighted by atomic mass is 79.9. The maximum Gasteiger partial charge on any atom is 0.120 e. The lowest BCUT2D eigenvalue weighted by Crippen LogP contribution is -2.47. The minimum atomic E-state index is 0.544. The number of halogens is 1. The molecule has 0 atom stereocenters. The first-order valence-electron chi connectivity index (χ1n) is 6.48. The normalized spacial score (nSPS) is 17.1. The van der Waals surface area contributed by atoms with Gasteiger partial charge in [0.2, 0.25) is 0 Å². The van der Waals surface area contributed by atoms with Crippen molar-refractivity contribution in [3.05, 3.63) is 28.7 Å².